The molecule has 0 atom stereocenters. The quantitative estimate of drug-likeness (QED) is 0.752. The van der Waals surface area contributed by atoms with Gasteiger partial charge in [0.1, 0.15) is 4.21 Å². The zero-order valence-corrected chi connectivity index (χ0v) is 14.2. The van der Waals surface area contributed by atoms with E-state index in [9.17, 15) is 8.42 Å². The van der Waals surface area contributed by atoms with Gasteiger partial charge in [0.15, 0.2) is 0 Å². The van der Waals surface area contributed by atoms with Gasteiger partial charge in [-0.2, -0.15) is 0 Å². The molecule has 0 spiro atoms. The fourth-order valence-corrected chi connectivity index (χ4v) is 4.57. The van der Waals surface area contributed by atoms with Crippen molar-refractivity contribution in [3.8, 4) is 11.3 Å². The van der Waals surface area contributed by atoms with Crippen LogP contribution in [0.2, 0.25) is 4.34 Å². The maximum atomic E-state index is 12.3. The van der Waals surface area contributed by atoms with Gasteiger partial charge in [0.2, 0.25) is 10.0 Å². The van der Waals surface area contributed by atoms with Crippen molar-refractivity contribution < 1.29 is 8.42 Å². The highest BCUT2D eigenvalue weighted by Crippen LogP contribution is 2.26. The summed E-state index contributed by atoms with van der Waals surface area (Å²) in [7, 11) is -3.59. The molecule has 3 aromatic rings. The molecule has 0 unspecified atom stereocenters. The standard InChI is InChI=1S/C15H12ClN3O2S2/c16-13-3-4-14(22-13)23(20,21)19-10-12-2-1-7-18-15(12)11-5-8-17-9-6-11/h1-9,19H,10H2. The van der Waals surface area contributed by atoms with Crippen LogP contribution in [-0.2, 0) is 16.6 Å². The van der Waals surface area contributed by atoms with E-state index in [0.29, 0.717) is 4.34 Å². The number of sulfonamides is 1. The second-order valence-electron chi connectivity index (χ2n) is 4.63. The van der Waals surface area contributed by atoms with Gasteiger partial charge >= 0.3 is 0 Å². The van der Waals surface area contributed by atoms with E-state index in [1.54, 1.807) is 30.7 Å². The van der Waals surface area contributed by atoms with Gasteiger partial charge in [0.05, 0.1) is 10.0 Å². The van der Waals surface area contributed by atoms with E-state index in [0.717, 1.165) is 28.2 Å². The highest BCUT2D eigenvalue weighted by Gasteiger charge is 2.17. The fraction of sp³-hybridized carbons (Fsp3) is 0.0667. The Morgan fingerprint density at radius 1 is 1.09 bits per heavy atom. The summed E-state index contributed by atoms with van der Waals surface area (Å²) in [6, 6.07) is 10.3. The van der Waals surface area contributed by atoms with E-state index in [4.69, 9.17) is 11.6 Å². The molecule has 0 aromatic carbocycles. The molecule has 0 saturated heterocycles. The molecule has 8 heteroatoms. The summed E-state index contributed by atoms with van der Waals surface area (Å²) in [6.45, 7) is 0.142. The van der Waals surface area contributed by atoms with Crippen molar-refractivity contribution in [1.29, 1.82) is 0 Å². The van der Waals surface area contributed by atoms with Crippen LogP contribution in [0.25, 0.3) is 11.3 Å². The van der Waals surface area contributed by atoms with E-state index in [1.165, 1.54) is 6.07 Å². The Morgan fingerprint density at radius 3 is 2.57 bits per heavy atom. The molecular weight excluding hydrogens is 354 g/mol. The van der Waals surface area contributed by atoms with Crippen LogP contribution in [0.1, 0.15) is 5.56 Å². The SMILES string of the molecule is O=S(=O)(NCc1cccnc1-c1ccncc1)c1ccc(Cl)s1. The van der Waals surface area contributed by atoms with Gasteiger partial charge in [0, 0.05) is 30.7 Å². The number of hydrogen-bond acceptors (Lipinski definition) is 5. The average molecular weight is 366 g/mol. The first-order chi connectivity index (χ1) is 11.1. The maximum absolute atomic E-state index is 12.3. The van der Waals surface area contributed by atoms with Crippen LogP contribution in [-0.4, -0.2) is 18.4 Å². The van der Waals surface area contributed by atoms with Crippen LogP contribution in [0, 0.1) is 0 Å². The summed E-state index contributed by atoms with van der Waals surface area (Å²) in [5.41, 5.74) is 2.39. The molecule has 5 nitrogen and oxygen atoms in total. The summed E-state index contributed by atoms with van der Waals surface area (Å²) >= 11 is 6.82. The number of pyridine rings is 2. The normalized spacial score (nSPS) is 11.5. The van der Waals surface area contributed by atoms with E-state index >= 15 is 0 Å². The first kappa shape index (κ1) is 16.1. The molecule has 0 amide bonds. The highest BCUT2D eigenvalue weighted by atomic mass is 35.5. The predicted octanol–water partition coefficient (Wildman–Crippen LogP) is 3.34. The zero-order chi connectivity index (χ0) is 16.3. The molecule has 3 rings (SSSR count). The highest BCUT2D eigenvalue weighted by molar-refractivity contribution is 7.91. The summed E-state index contributed by atoms with van der Waals surface area (Å²) in [4.78, 5) is 8.32. The smallest absolute Gasteiger partial charge is 0.250 e. The third-order valence-corrected chi connectivity index (χ3v) is 6.24. The molecule has 23 heavy (non-hydrogen) atoms. The van der Waals surface area contributed by atoms with E-state index in [1.807, 2.05) is 18.2 Å². The number of hydrogen-bond donors (Lipinski definition) is 1. The molecule has 0 aliphatic rings. The number of rotatable bonds is 5. The molecular formula is C15H12ClN3O2S2. The minimum Gasteiger partial charge on any atom is -0.265 e. The number of thiophene rings is 1. The Labute approximate surface area is 143 Å². The lowest BCUT2D eigenvalue weighted by atomic mass is 10.1. The first-order valence-corrected chi connectivity index (χ1v) is 9.33. The Kier molecular flexibility index (Phi) is 4.72. The number of nitrogens with zero attached hydrogens (tertiary/aromatic N) is 2. The largest absolute Gasteiger partial charge is 0.265 e. The fourth-order valence-electron chi connectivity index (χ4n) is 2.04. The van der Waals surface area contributed by atoms with Gasteiger partial charge in [-0.05, 0) is 35.9 Å². The Balaban J connectivity index is 1.84. The minimum absolute atomic E-state index is 0.142. The molecule has 0 fully saturated rings. The lowest BCUT2D eigenvalue weighted by molar-refractivity contribution is 0.583. The van der Waals surface area contributed by atoms with Gasteiger partial charge in [-0.1, -0.05) is 17.7 Å². The van der Waals surface area contributed by atoms with Crippen molar-refractivity contribution in [3.63, 3.8) is 0 Å². The van der Waals surface area contributed by atoms with Crippen LogP contribution in [0.5, 0.6) is 0 Å². The van der Waals surface area contributed by atoms with Crippen molar-refractivity contribution in [3.05, 3.63) is 64.9 Å². The Hall–Kier alpha value is -1.80. The van der Waals surface area contributed by atoms with Gasteiger partial charge in [-0.25, -0.2) is 13.1 Å². The van der Waals surface area contributed by atoms with Crippen LogP contribution >= 0.6 is 22.9 Å². The zero-order valence-electron chi connectivity index (χ0n) is 11.8. The van der Waals surface area contributed by atoms with E-state index in [-0.39, 0.29) is 10.8 Å². The predicted molar refractivity (Wildman–Crippen MR) is 90.8 cm³/mol. The molecule has 0 radical (unpaired) electrons. The average Bonchev–Trinajstić information content (AvgIpc) is 3.02. The third-order valence-electron chi connectivity index (χ3n) is 3.11. The van der Waals surface area contributed by atoms with Crippen LogP contribution in [0.4, 0.5) is 0 Å². The van der Waals surface area contributed by atoms with Crippen molar-refractivity contribution >= 4 is 33.0 Å². The number of halogens is 1. The van der Waals surface area contributed by atoms with E-state index in [2.05, 4.69) is 14.7 Å². The third kappa shape index (κ3) is 3.76. The van der Waals surface area contributed by atoms with Crippen LogP contribution < -0.4 is 4.72 Å². The lowest BCUT2D eigenvalue weighted by Gasteiger charge is -2.09. The summed E-state index contributed by atoms with van der Waals surface area (Å²) in [5, 5.41) is 0. The molecule has 0 saturated carbocycles. The van der Waals surface area contributed by atoms with Crippen molar-refractivity contribution in [2.45, 2.75) is 10.8 Å². The van der Waals surface area contributed by atoms with E-state index < -0.39 is 10.0 Å². The molecule has 0 aliphatic heterocycles. The lowest BCUT2D eigenvalue weighted by Crippen LogP contribution is -2.22. The van der Waals surface area contributed by atoms with Gasteiger partial charge in [-0.15, -0.1) is 11.3 Å². The van der Waals surface area contributed by atoms with Crippen molar-refractivity contribution in [2.24, 2.45) is 0 Å². The van der Waals surface area contributed by atoms with Crippen molar-refractivity contribution in [1.82, 2.24) is 14.7 Å². The number of nitrogens with one attached hydrogen (secondary N) is 1. The molecule has 118 valence electrons. The topological polar surface area (TPSA) is 72.0 Å². The van der Waals surface area contributed by atoms with Crippen LogP contribution in [0.15, 0.2) is 59.2 Å². The Bertz CT molecular complexity index is 911. The Morgan fingerprint density at radius 2 is 1.87 bits per heavy atom. The molecule has 0 bridgehead atoms. The van der Waals surface area contributed by atoms with Crippen molar-refractivity contribution in [2.75, 3.05) is 0 Å². The second-order valence-corrected chi connectivity index (χ2v) is 8.34. The molecule has 0 aliphatic carbocycles. The second kappa shape index (κ2) is 6.76. The maximum Gasteiger partial charge on any atom is 0.250 e. The van der Waals surface area contributed by atoms with Gasteiger partial charge in [-0.3, -0.25) is 9.97 Å². The number of aromatic nitrogens is 2. The summed E-state index contributed by atoms with van der Waals surface area (Å²) in [5.74, 6) is 0. The van der Waals surface area contributed by atoms with Crippen LogP contribution in [0.3, 0.4) is 0 Å². The molecule has 3 aromatic heterocycles. The molecule has 1 N–H and O–H groups in total. The monoisotopic (exact) mass is 365 g/mol. The van der Waals surface area contributed by atoms with Gasteiger partial charge in [0.25, 0.3) is 0 Å². The van der Waals surface area contributed by atoms with Gasteiger partial charge < -0.3 is 0 Å². The summed E-state index contributed by atoms with van der Waals surface area (Å²) in [6.07, 6.45) is 5.02. The minimum atomic E-state index is -3.59. The summed E-state index contributed by atoms with van der Waals surface area (Å²) < 4.78 is 27.8. The molecule has 3 heterocycles. The first-order valence-electron chi connectivity index (χ1n) is 6.65.